The third-order valence-electron chi connectivity index (χ3n) is 1.16. The zero-order chi connectivity index (χ0) is 8.91. The lowest BCUT2D eigenvalue weighted by Crippen LogP contribution is -2.03. The van der Waals surface area contributed by atoms with Gasteiger partial charge in [-0.3, -0.25) is 0 Å². The second-order valence-corrected chi connectivity index (χ2v) is 3.67. The summed E-state index contributed by atoms with van der Waals surface area (Å²) in [6.07, 6.45) is 3.96. The monoisotopic (exact) mass is 180 g/mol. The summed E-state index contributed by atoms with van der Waals surface area (Å²) in [4.78, 5) is 0. The van der Waals surface area contributed by atoms with Crippen molar-refractivity contribution in [1.82, 2.24) is 0 Å². The van der Waals surface area contributed by atoms with Gasteiger partial charge < -0.3 is 0 Å². The van der Waals surface area contributed by atoms with E-state index in [1.807, 2.05) is 6.92 Å². The van der Waals surface area contributed by atoms with Crippen molar-refractivity contribution in [2.24, 2.45) is 0 Å². The molecule has 0 radical (unpaired) electrons. The number of hydrogen-bond acceptors (Lipinski definition) is 1. The molecule has 0 heterocycles. The van der Waals surface area contributed by atoms with Crippen LogP contribution >= 0.6 is 12.6 Å². The average molecular weight is 180 g/mol. The second kappa shape index (κ2) is 4.75. The third kappa shape index (κ3) is 9.95. The summed E-state index contributed by atoms with van der Waals surface area (Å²) in [5, 5.41) is 0.283. The number of alkyl halides is 2. The molecule has 0 aromatic carbocycles. The minimum absolute atomic E-state index is 0.283. The molecule has 0 N–H and O–H groups in total. The molecule has 1 atom stereocenters. The molecule has 0 rings (SSSR count). The molecule has 1 unspecified atom stereocenters. The van der Waals surface area contributed by atoms with Crippen molar-refractivity contribution >= 4 is 12.6 Å². The van der Waals surface area contributed by atoms with E-state index in [2.05, 4.69) is 12.6 Å². The Bertz CT molecular complexity index is 125. The van der Waals surface area contributed by atoms with Crippen molar-refractivity contribution in [2.45, 2.75) is 37.9 Å². The molecule has 0 aliphatic heterocycles. The summed E-state index contributed by atoms with van der Waals surface area (Å²) in [6.45, 7) is 2.83. The smallest absolute Gasteiger partial charge is 0.202 e. The fourth-order valence-electron chi connectivity index (χ4n) is 0.628. The molecule has 0 aromatic heterocycles. The van der Waals surface area contributed by atoms with Crippen molar-refractivity contribution in [1.29, 1.82) is 0 Å². The summed E-state index contributed by atoms with van der Waals surface area (Å²) in [5.41, 5.74) is 0. The van der Waals surface area contributed by atoms with E-state index in [0.717, 1.165) is 19.4 Å². The zero-order valence-electron chi connectivity index (χ0n) is 6.85. The molecule has 0 nitrogen and oxygen atoms in total. The van der Waals surface area contributed by atoms with Gasteiger partial charge in [-0.2, -0.15) is 12.6 Å². The molecular formula is C8H14F2S. The second-order valence-electron chi connectivity index (χ2n) is 2.79. The minimum atomic E-state index is -2.67. The Balaban J connectivity index is 3.46. The number of allylic oxidation sites excluding steroid dienone is 2. The summed E-state index contributed by atoms with van der Waals surface area (Å²) < 4.78 is 24.3. The first-order valence-corrected chi connectivity index (χ1v) is 4.17. The molecule has 0 saturated heterocycles. The van der Waals surface area contributed by atoms with E-state index in [1.165, 1.54) is 6.08 Å². The van der Waals surface area contributed by atoms with Gasteiger partial charge in [0.1, 0.15) is 0 Å². The van der Waals surface area contributed by atoms with Crippen LogP contribution in [0.25, 0.3) is 0 Å². The van der Waals surface area contributed by atoms with E-state index in [-0.39, 0.29) is 5.25 Å². The van der Waals surface area contributed by atoms with Gasteiger partial charge >= 0.3 is 0 Å². The van der Waals surface area contributed by atoms with Crippen molar-refractivity contribution in [3.05, 3.63) is 12.2 Å². The van der Waals surface area contributed by atoms with Gasteiger partial charge in [0, 0.05) is 6.92 Å². The topological polar surface area (TPSA) is 0 Å². The van der Waals surface area contributed by atoms with E-state index >= 15 is 0 Å². The van der Waals surface area contributed by atoms with Crippen LogP contribution in [-0.4, -0.2) is 11.2 Å². The molecular weight excluding hydrogens is 166 g/mol. The Morgan fingerprint density at radius 1 is 1.55 bits per heavy atom. The fourth-order valence-corrected chi connectivity index (χ4v) is 0.777. The van der Waals surface area contributed by atoms with E-state index < -0.39 is 5.92 Å². The SMILES string of the molecule is CC(S)CC/C=C/C(C)(F)F. The van der Waals surface area contributed by atoms with E-state index in [1.54, 1.807) is 0 Å². The predicted octanol–water partition coefficient (Wildman–Crippen LogP) is 3.30. The molecule has 0 bridgehead atoms. The first-order chi connectivity index (χ1) is 4.92. The Labute approximate surface area is 72.1 Å². The number of rotatable bonds is 4. The van der Waals surface area contributed by atoms with Crippen LogP contribution in [0.15, 0.2) is 12.2 Å². The average Bonchev–Trinajstić information content (AvgIpc) is 1.78. The highest BCUT2D eigenvalue weighted by molar-refractivity contribution is 7.80. The van der Waals surface area contributed by atoms with E-state index in [4.69, 9.17) is 0 Å². The van der Waals surface area contributed by atoms with Gasteiger partial charge in [-0.25, -0.2) is 8.78 Å². The molecule has 0 aliphatic rings. The number of hydrogen-bond donors (Lipinski definition) is 1. The summed E-state index contributed by atoms with van der Waals surface area (Å²) in [5.74, 6) is -2.67. The molecule has 11 heavy (non-hydrogen) atoms. The lowest BCUT2D eigenvalue weighted by atomic mass is 10.2. The highest BCUT2D eigenvalue weighted by Crippen LogP contribution is 2.14. The normalized spacial score (nSPS) is 15.7. The fraction of sp³-hybridized carbons (Fsp3) is 0.750. The Kier molecular flexibility index (Phi) is 4.73. The maximum Gasteiger partial charge on any atom is 0.263 e. The molecule has 3 heteroatoms. The molecule has 0 spiro atoms. The van der Waals surface area contributed by atoms with Crippen molar-refractivity contribution in [3.8, 4) is 0 Å². The van der Waals surface area contributed by atoms with Gasteiger partial charge in [-0.15, -0.1) is 0 Å². The highest BCUT2D eigenvalue weighted by atomic mass is 32.1. The number of thiol groups is 1. The van der Waals surface area contributed by atoms with E-state index in [0.29, 0.717) is 6.42 Å². The largest absolute Gasteiger partial charge is 0.263 e. The Morgan fingerprint density at radius 2 is 2.09 bits per heavy atom. The minimum Gasteiger partial charge on any atom is -0.202 e. The van der Waals surface area contributed by atoms with Crippen LogP contribution in [0, 0.1) is 0 Å². The Morgan fingerprint density at radius 3 is 2.45 bits per heavy atom. The van der Waals surface area contributed by atoms with Crippen LogP contribution in [0.5, 0.6) is 0 Å². The highest BCUT2D eigenvalue weighted by Gasteiger charge is 2.14. The lowest BCUT2D eigenvalue weighted by Gasteiger charge is -2.02. The van der Waals surface area contributed by atoms with Gasteiger partial charge in [-0.05, 0) is 24.2 Å². The van der Waals surface area contributed by atoms with Crippen LogP contribution in [0.1, 0.15) is 26.7 Å². The van der Waals surface area contributed by atoms with Gasteiger partial charge in [-0.1, -0.05) is 13.0 Å². The Hall–Kier alpha value is -0.0500. The van der Waals surface area contributed by atoms with Gasteiger partial charge in [0.25, 0.3) is 5.92 Å². The molecule has 0 aromatic rings. The summed E-state index contributed by atoms with van der Waals surface area (Å²) in [7, 11) is 0. The van der Waals surface area contributed by atoms with Gasteiger partial charge in [0.05, 0.1) is 0 Å². The van der Waals surface area contributed by atoms with Crippen LogP contribution in [-0.2, 0) is 0 Å². The zero-order valence-corrected chi connectivity index (χ0v) is 7.74. The maximum absolute atomic E-state index is 12.1. The summed E-state index contributed by atoms with van der Waals surface area (Å²) in [6, 6.07) is 0. The van der Waals surface area contributed by atoms with Crippen LogP contribution in [0.4, 0.5) is 8.78 Å². The molecule has 0 amide bonds. The van der Waals surface area contributed by atoms with Crippen molar-refractivity contribution in [2.75, 3.05) is 0 Å². The van der Waals surface area contributed by atoms with Crippen LogP contribution in [0.3, 0.4) is 0 Å². The van der Waals surface area contributed by atoms with Crippen LogP contribution in [0.2, 0.25) is 0 Å². The molecule has 0 fully saturated rings. The first kappa shape index (κ1) is 11.0. The van der Waals surface area contributed by atoms with Crippen LogP contribution < -0.4 is 0 Å². The molecule has 0 aliphatic carbocycles. The molecule has 66 valence electrons. The quantitative estimate of drug-likeness (QED) is 0.498. The van der Waals surface area contributed by atoms with Gasteiger partial charge in [0.2, 0.25) is 0 Å². The van der Waals surface area contributed by atoms with Gasteiger partial charge in [0.15, 0.2) is 0 Å². The predicted molar refractivity (Wildman–Crippen MR) is 47.4 cm³/mol. The maximum atomic E-state index is 12.1. The van der Waals surface area contributed by atoms with Crippen molar-refractivity contribution in [3.63, 3.8) is 0 Å². The van der Waals surface area contributed by atoms with Crippen molar-refractivity contribution < 1.29 is 8.78 Å². The first-order valence-electron chi connectivity index (χ1n) is 3.65. The number of halogens is 2. The van der Waals surface area contributed by atoms with E-state index in [9.17, 15) is 8.78 Å². The standard InChI is InChI=1S/C8H14F2S/c1-7(11)5-3-4-6-8(2,9)10/h4,6-7,11H,3,5H2,1-2H3/b6-4+. The lowest BCUT2D eigenvalue weighted by molar-refractivity contribution is 0.0771. The summed E-state index contributed by atoms with van der Waals surface area (Å²) >= 11 is 4.12. The molecule has 0 saturated carbocycles. The third-order valence-corrected chi connectivity index (χ3v) is 1.42.